The minimum absolute atomic E-state index is 0.0892. The molecule has 1 aromatic heterocycles. The number of carbonyl (C=O) groups excluding carboxylic acids is 2. The number of ether oxygens (including phenoxy) is 1. The lowest BCUT2D eigenvalue weighted by molar-refractivity contribution is -0.757. The molecule has 0 saturated heterocycles. The van der Waals surface area contributed by atoms with Gasteiger partial charge in [0.1, 0.15) is 5.75 Å². The van der Waals surface area contributed by atoms with Gasteiger partial charge in [-0.05, 0) is 61.7 Å². The molecule has 11 heteroatoms. The zero-order valence-corrected chi connectivity index (χ0v) is 19.5. The number of nitrogens with zero attached hydrogens (tertiary/aromatic N) is 1. The second-order valence-corrected chi connectivity index (χ2v) is 7.91. The van der Waals surface area contributed by atoms with E-state index in [0.29, 0.717) is 41.3 Å². The molecule has 0 radical (unpaired) electrons. The molecule has 1 heterocycles. The van der Waals surface area contributed by atoms with Crippen LogP contribution in [-0.2, 0) is 11.3 Å². The van der Waals surface area contributed by atoms with Gasteiger partial charge in [0.2, 0.25) is 0 Å². The first-order chi connectivity index (χ1) is 16.3. The summed E-state index contributed by atoms with van der Waals surface area (Å²) in [7, 11) is 1.52. The topological polar surface area (TPSA) is 136 Å². The Labute approximate surface area is 200 Å². The molecule has 3 N–H and O–H groups in total. The monoisotopic (exact) mass is 488 g/mol. The third-order valence-electron chi connectivity index (χ3n) is 5.26. The number of urea groups is 1. The number of hydrogen-bond acceptors (Lipinski definition) is 6. The number of aryl methyl sites for hydroxylation is 1. The maximum atomic E-state index is 13.4. The maximum absolute atomic E-state index is 13.4. The average Bonchev–Trinajstić information content (AvgIpc) is 3.13. The smallest absolute Gasteiger partial charge is 0.314 e. The van der Waals surface area contributed by atoms with E-state index in [1.165, 1.54) is 7.11 Å². The van der Waals surface area contributed by atoms with Crippen molar-refractivity contribution in [2.75, 3.05) is 26.8 Å². The summed E-state index contributed by atoms with van der Waals surface area (Å²) in [5, 5.41) is 15.9. The van der Waals surface area contributed by atoms with Crippen LogP contribution >= 0.6 is 11.6 Å². The number of amides is 2. The van der Waals surface area contributed by atoms with Crippen LogP contribution in [0.15, 0.2) is 36.4 Å². The van der Waals surface area contributed by atoms with Crippen molar-refractivity contribution in [2.24, 2.45) is 0 Å². The van der Waals surface area contributed by atoms with Crippen molar-refractivity contribution in [3.8, 4) is 5.75 Å². The van der Waals surface area contributed by atoms with Gasteiger partial charge >= 0.3 is 6.03 Å². The lowest BCUT2D eigenvalue weighted by Crippen LogP contribution is -2.37. The first-order valence-corrected chi connectivity index (χ1v) is 11.0. The van der Waals surface area contributed by atoms with E-state index in [9.17, 15) is 19.7 Å². The molecule has 0 bridgehead atoms. The predicted octanol–water partition coefficient (Wildman–Crippen LogP) is 3.81. The fourth-order valence-electron chi connectivity index (χ4n) is 3.70. The summed E-state index contributed by atoms with van der Waals surface area (Å²) in [5.41, 5.74) is 3.50. The van der Waals surface area contributed by atoms with E-state index in [4.69, 9.17) is 16.3 Å². The fraction of sp³-hybridized carbons (Fsp3) is 0.304. The Morgan fingerprint density at radius 1 is 1.12 bits per heavy atom. The molecule has 3 rings (SSSR count). The number of halogens is 1. The van der Waals surface area contributed by atoms with E-state index in [-0.39, 0.29) is 18.9 Å². The highest BCUT2D eigenvalue weighted by atomic mass is 35.5. The van der Waals surface area contributed by atoms with Crippen LogP contribution in [0.1, 0.15) is 33.6 Å². The lowest BCUT2D eigenvalue weighted by Gasteiger charge is -2.12. The summed E-state index contributed by atoms with van der Waals surface area (Å²) < 4.78 is 5.51. The van der Waals surface area contributed by atoms with E-state index in [1.54, 1.807) is 30.3 Å². The summed E-state index contributed by atoms with van der Waals surface area (Å²) in [6.07, 6.45) is 0.781. The highest BCUT2D eigenvalue weighted by molar-refractivity contribution is 6.30. The number of H-pyrrole nitrogens is 1. The summed E-state index contributed by atoms with van der Waals surface area (Å²) in [6, 6.07) is 9.88. The lowest BCUT2D eigenvalue weighted by atomic mass is 9.95. The molecular weight excluding hydrogens is 464 g/mol. The largest absolute Gasteiger partial charge is 0.496 e. The van der Waals surface area contributed by atoms with Crippen molar-refractivity contribution in [3.63, 3.8) is 0 Å². The number of aromatic nitrogens is 1. The van der Waals surface area contributed by atoms with Crippen molar-refractivity contribution >= 4 is 34.3 Å². The van der Waals surface area contributed by atoms with Gasteiger partial charge in [0.05, 0.1) is 19.3 Å². The number of fused-ring (bicyclic) bond motifs is 1. The molecule has 0 unspecified atom stereocenters. The number of rotatable bonds is 11. The normalized spacial score (nSPS) is 10.7. The molecule has 0 saturated carbocycles. The third kappa shape index (κ3) is 5.96. The van der Waals surface area contributed by atoms with Gasteiger partial charge in [-0.25, -0.2) is 4.79 Å². The third-order valence-corrected chi connectivity index (χ3v) is 5.51. The molecule has 0 aliphatic heterocycles. The molecule has 3 aromatic rings. The molecule has 2 aromatic carbocycles. The van der Waals surface area contributed by atoms with Crippen LogP contribution in [0.5, 0.6) is 5.75 Å². The van der Waals surface area contributed by atoms with Crippen LogP contribution in [0.2, 0.25) is 5.02 Å². The quantitative estimate of drug-likeness (QED) is 0.162. The van der Waals surface area contributed by atoms with Crippen molar-refractivity contribution in [1.29, 1.82) is 0 Å². The van der Waals surface area contributed by atoms with Gasteiger partial charge in [-0.15, -0.1) is 10.1 Å². The van der Waals surface area contributed by atoms with Crippen molar-refractivity contribution in [1.82, 2.24) is 15.6 Å². The minimum Gasteiger partial charge on any atom is -0.496 e. The Morgan fingerprint density at radius 3 is 2.50 bits per heavy atom. The Kier molecular flexibility index (Phi) is 8.31. The first kappa shape index (κ1) is 24.8. The van der Waals surface area contributed by atoms with Crippen LogP contribution in [-0.4, -0.2) is 48.7 Å². The number of methoxy groups -OCH3 is 1. The van der Waals surface area contributed by atoms with Crippen molar-refractivity contribution in [2.45, 2.75) is 19.8 Å². The number of ketones is 1. The van der Waals surface area contributed by atoms with E-state index in [0.717, 1.165) is 22.2 Å². The molecule has 0 fully saturated rings. The van der Waals surface area contributed by atoms with Gasteiger partial charge in [-0.2, -0.15) is 0 Å². The number of hydrogen-bond donors (Lipinski definition) is 3. The summed E-state index contributed by atoms with van der Waals surface area (Å²) in [4.78, 5) is 43.1. The van der Waals surface area contributed by atoms with E-state index in [2.05, 4.69) is 20.5 Å². The van der Waals surface area contributed by atoms with Crippen LogP contribution in [0.25, 0.3) is 10.9 Å². The number of aromatic amines is 1. The number of carbonyl (C=O) groups is 2. The fourth-order valence-corrected chi connectivity index (χ4v) is 3.82. The van der Waals surface area contributed by atoms with Gasteiger partial charge < -0.3 is 25.2 Å². The maximum Gasteiger partial charge on any atom is 0.314 e. The van der Waals surface area contributed by atoms with Gasteiger partial charge in [0.25, 0.3) is 5.09 Å². The van der Waals surface area contributed by atoms with Crippen molar-refractivity contribution < 1.29 is 24.3 Å². The van der Waals surface area contributed by atoms with E-state index < -0.39 is 11.1 Å². The van der Waals surface area contributed by atoms with Crippen LogP contribution < -0.4 is 15.4 Å². The van der Waals surface area contributed by atoms with Gasteiger partial charge in [-0.1, -0.05) is 11.6 Å². The molecule has 0 aliphatic rings. The summed E-state index contributed by atoms with van der Waals surface area (Å²) in [5.74, 6) is 0.261. The Hall–Kier alpha value is -3.79. The Morgan fingerprint density at radius 2 is 1.82 bits per heavy atom. The van der Waals surface area contributed by atoms with Crippen LogP contribution in [0, 0.1) is 17.0 Å². The Bertz CT molecular complexity index is 1190. The standard InChI is InChI=1S/C23H25ClN4O6/c1-14-17(10-12-26-23(30)25-11-3-13-34-28(31)32)20-18(27-14)8-9-19(33-2)21(20)22(29)15-4-6-16(24)7-5-15/h4-9,27H,3,10-13H2,1-2H3,(H2,25,26,30). The molecule has 34 heavy (non-hydrogen) atoms. The SMILES string of the molecule is COc1ccc2[nH]c(C)c(CCNC(=O)NCCCO[N+](=O)[O-])c2c1C(=O)c1ccc(Cl)cc1. The molecular formula is C23H25ClN4O6. The predicted molar refractivity (Wildman–Crippen MR) is 127 cm³/mol. The average molecular weight is 489 g/mol. The highest BCUT2D eigenvalue weighted by Crippen LogP contribution is 2.34. The van der Waals surface area contributed by atoms with E-state index in [1.807, 2.05) is 13.0 Å². The molecule has 0 atom stereocenters. The first-order valence-electron chi connectivity index (χ1n) is 10.6. The van der Waals surface area contributed by atoms with Crippen LogP contribution in [0.4, 0.5) is 4.79 Å². The molecule has 2 amide bonds. The van der Waals surface area contributed by atoms with E-state index >= 15 is 0 Å². The Balaban J connectivity index is 1.76. The van der Waals surface area contributed by atoms with Gasteiger partial charge in [0.15, 0.2) is 5.78 Å². The van der Waals surface area contributed by atoms with Crippen LogP contribution in [0.3, 0.4) is 0 Å². The van der Waals surface area contributed by atoms with Gasteiger partial charge in [0, 0.05) is 40.3 Å². The summed E-state index contributed by atoms with van der Waals surface area (Å²) >= 11 is 5.97. The molecule has 10 nitrogen and oxygen atoms in total. The second-order valence-electron chi connectivity index (χ2n) is 7.47. The second kappa shape index (κ2) is 11.4. The zero-order chi connectivity index (χ0) is 24.7. The molecule has 0 aliphatic carbocycles. The van der Waals surface area contributed by atoms with Gasteiger partial charge in [-0.3, -0.25) is 4.79 Å². The highest BCUT2D eigenvalue weighted by Gasteiger charge is 2.22. The minimum atomic E-state index is -0.870. The number of nitrogens with one attached hydrogen (secondary N) is 3. The molecule has 0 spiro atoms. The molecule has 180 valence electrons. The van der Waals surface area contributed by atoms with Crippen molar-refractivity contribution in [3.05, 3.63) is 73.9 Å². The zero-order valence-electron chi connectivity index (χ0n) is 18.8. The summed E-state index contributed by atoms with van der Waals surface area (Å²) in [6.45, 7) is 2.38. The number of benzene rings is 2.